The van der Waals surface area contributed by atoms with E-state index in [0.717, 1.165) is 6.20 Å². The van der Waals surface area contributed by atoms with Crippen molar-refractivity contribution in [3.05, 3.63) is 40.9 Å². The van der Waals surface area contributed by atoms with Crippen molar-refractivity contribution >= 4 is 16.5 Å². The van der Waals surface area contributed by atoms with E-state index >= 15 is 0 Å². The van der Waals surface area contributed by atoms with Gasteiger partial charge in [-0.15, -0.1) is 0 Å². The van der Waals surface area contributed by atoms with Crippen LogP contribution in [0.5, 0.6) is 5.75 Å². The van der Waals surface area contributed by atoms with E-state index < -0.39 is 17.7 Å². The zero-order valence-corrected chi connectivity index (χ0v) is 12.0. The van der Waals surface area contributed by atoms with Gasteiger partial charge >= 0.3 is 12.8 Å². The van der Waals surface area contributed by atoms with Gasteiger partial charge in [-0.25, -0.2) is 4.98 Å². The molecule has 0 radical (unpaired) electrons. The number of thiazole rings is 1. The van der Waals surface area contributed by atoms with Gasteiger partial charge in [0.25, 0.3) is 0 Å². The molecule has 1 aromatic carbocycles. The summed E-state index contributed by atoms with van der Waals surface area (Å²) in [4.78, 5) is 2.88. The fourth-order valence-electron chi connectivity index (χ4n) is 1.68. The van der Waals surface area contributed by atoms with Crippen LogP contribution in [0.4, 0.5) is 27.1 Å². The third-order valence-corrected chi connectivity index (χ3v) is 3.70. The van der Waals surface area contributed by atoms with Crippen molar-refractivity contribution in [1.82, 2.24) is 4.98 Å². The fraction of sp³-hybridized carbons (Fsp3) is 0.308. The van der Waals surface area contributed by atoms with Crippen LogP contribution in [0.15, 0.2) is 30.5 Å². The normalized spacial score (nSPS) is 13.2. The number of rotatable bonds is 5. The highest BCUT2D eigenvalue weighted by Gasteiger charge is 2.33. The number of ether oxygens (including phenoxy) is 1. The van der Waals surface area contributed by atoms with E-state index in [4.69, 9.17) is 0 Å². The topological polar surface area (TPSA) is 34.2 Å². The van der Waals surface area contributed by atoms with Gasteiger partial charge in [0.15, 0.2) is 5.13 Å². The van der Waals surface area contributed by atoms with Gasteiger partial charge in [0, 0.05) is 0 Å². The maximum atomic E-state index is 12.5. The highest BCUT2D eigenvalue weighted by Crippen LogP contribution is 2.36. The lowest BCUT2D eigenvalue weighted by molar-refractivity contribution is -0.134. The van der Waals surface area contributed by atoms with Crippen LogP contribution in [0.3, 0.4) is 0 Å². The molecule has 2 rings (SSSR count). The van der Waals surface area contributed by atoms with Crippen molar-refractivity contribution in [2.24, 2.45) is 0 Å². The average molecular weight is 338 g/mol. The molecule has 22 heavy (non-hydrogen) atoms. The molecule has 0 fully saturated rings. The van der Waals surface area contributed by atoms with E-state index in [1.807, 2.05) is 0 Å². The second kappa shape index (κ2) is 6.47. The molecule has 2 aromatic rings. The van der Waals surface area contributed by atoms with Crippen LogP contribution in [-0.2, 0) is 6.18 Å². The summed E-state index contributed by atoms with van der Waals surface area (Å²) < 4.78 is 65.7. The molecule has 1 N–H and O–H groups in total. The number of hydrogen-bond donors (Lipinski definition) is 1. The SMILES string of the molecule is CC(Nc1ncc(C(F)(F)F)s1)c1ccc(OC(F)F)cc1. The third-order valence-electron chi connectivity index (χ3n) is 2.73. The Morgan fingerprint density at radius 3 is 2.32 bits per heavy atom. The summed E-state index contributed by atoms with van der Waals surface area (Å²) >= 11 is 0.503. The highest BCUT2D eigenvalue weighted by atomic mass is 32.1. The predicted molar refractivity (Wildman–Crippen MR) is 72.2 cm³/mol. The largest absolute Gasteiger partial charge is 0.435 e. The molecule has 1 heterocycles. The number of alkyl halides is 5. The smallest absolute Gasteiger partial charge is 0.427 e. The Morgan fingerprint density at radius 2 is 1.82 bits per heavy atom. The standard InChI is InChI=1S/C13H11F5N2OS/c1-7(8-2-4-9(5-3-8)21-11(14)15)20-12-19-6-10(22-12)13(16,17)18/h2-7,11H,1H3,(H,19,20). The van der Waals surface area contributed by atoms with E-state index in [-0.39, 0.29) is 16.9 Å². The molecule has 1 unspecified atom stereocenters. The minimum Gasteiger partial charge on any atom is -0.435 e. The number of anilines is 1. The first-order valence-electron chi connectivity index (χ1n) is 6.10. The van der Waals surface area contributed by atoms with Crippen molar-refractivity contribution in [3.63, 3.8) is 0 Å². The molecular weight excluding hydrogens is 327 g/mol. The Kier molecular flexibility index (Phi) is 4.84. The Morgan fingerprint density at radius 1 is 1.18 bits per heavy atom. The van der Waals surface area contributed by atoms with Gasteiger partial charge in [-0.2, -0.15) is 22.0 Å². The third kappa shape index (κ3) is 4.30. The average Bonchev–Trinajstić information content (AvgIpc) is 2.87. The zero-order chi connectivity index (χ0) is 16.3. The molecular formula is C13H11F5N2OS. The second-order valence-electron chi connectivity index (χ2n) is 4.34. The van der Waals surface area contributed by atoms with Crippen molar-refractivity contribution in [2.45, 2.75) is 25.8 Å². The van der Waals surface area contributed by atoms with Gasteiger partial charge < -0.3 is 10.1 Å². The molecule has 0 amide bonds. The van der Waals surface area contributed by atoms with Gasteiger partial charge in [-0.1, -0.05) is 23.5 Å². The summed E-state index contributed by atoms with van der Waals surface area (Å²) in [6, 6.07) is 5.49. The molecule has 3 nitrogen and oxygen atoms in total. The van der Waals surface area contributed by atoms with Crippen LogP contribution < -0.4 is 10.1 Å². The molecule has 0 aliphatic heterocycles. The summed E-state index contributed by atoms with van der Waals surface area (Å²) in [5.41, 5.74) is 0.699. The van der Waals surface area contributed by atoms with Gasteiger partial charge in [0.1, 0.15) is 10.6 Å². The molecule has 1 aromatic heterocycles. The van der Waals surface area contributed by atoms with E-state index in [1.165, 1.54) is 12.1 Å². The Labute approximate surface area is 126 Å². The van der Waals surface area contributed by atoms with Crippen LogP contribution in [0, 0.1) is 0 Å². The van der Waals surface area contributed by atoms with Crippen LogP contribution in [0.25, 0.3) is 0 Å². The van der Waals surface area contributed by atoms with Crippen LogP contribution in [-0.4, -0.2) is 11.6 Å². The zero-order valence-electron chi connectivity index (χ0n) is 11.2. The predicted octanol–water partition coefficient (Wildman–Crippen LogP) is 4.94. The number of benzene rings is 1. The van der Waals surface area contributed by atoms with Crippen LogP contribution in [0.2, 0.25) is 0 Å². The van der Waals surface area contributed by atoms with E-state index in [9.17, 15) is 22.0 Å². The number of aromatic nitrogens is 1. The fourth-order valence-corrected chi connectivity index (χ4v) is 2.45. The summed E-state index contributed by atoms with van der Waals surface area (Å²) in [5.74, 6) is 0.0135. The molecule has 9 heteroatoms. The van der Waals surface area contributed by atoms with Crippen molar-refractivity contribution in [2.75, 3.05) is 5.32 Å². The van der Waals surface area contributed by atoms with E-state index in [2.05, 4.69) is 15.0 Å². The summed E-state index contributed by atoms with van der Waals surface area (Å²) in [5, 5.41) is 2.96. The molecule has 0 saturated heterocycles. The van der Waals surface area contributed by atoms with Gasteiger partial charge in [0.05, 0.1) is 12.2 Å². The minimum atomic E-state index is -4.42. The Balaban J connectivity index is 2.02. The lowest BCUT2D eigenvalue weighted by atomic mass is 10.1. The van der Waals surface area contributed by atoms with Gasteiger partial charge in [0.2, 0.25) is 0 Å². The molecule has 0 saturated carbocycles. The molecule has 0 aliphatic carbocycles. The van der Waals surface area contributed by atoms with E-state index in [0.29, 0.717) is 16.9 Å². The Hall–Kier alpha value is -1.90. The molecule has 0 spiro atoms. The maximum absolute atomic E-state index is 12.5. The first-order chi connectivity index (χ1) is 10.3. The first-order valence-corrected chi connectivity index (χ1v) is 6.91. The second-order valence-corrected chi connectivity index (χ2v) is 5.37. The number of hydrogen-bond acceptors (Lipinski definition) is 4. The van der Waals surface area contributed by atoms with Gasteiger partial charge in [-0.05, 0) is 24.6 Å². The molecule has 0 bridgehead atoms. The van der Waals surface area contributed by atoms with Crippen LogP contribution in [0.1, 0.15) is 23.4 Å². The van der Waals surface area contributed by atoms with Crippen molar-refractivity contribution < 1.29 is 26.7 Å². The monoisotopic (exact) mass is 338 g/mol. The number of nitrogens with zero attached hydrogens (tertiary/aromatic N) is 1. The summed E-state index contributed by atoms with van der Waals surface area (Å²) in [6.07, 6.45) is -3.66. The molecule has 120 valence electrons. The van der Waals surface area contributed by atoms with E-state index in [1.54, 1.807) is 19.1 Å². The lowest BCUT2D eigenvalue weighted by Gasteiger charge is -2.14. The quantitative estimate of drug-likeness (QED) is 0.785. The Bertz CT molecular complexity index is 612. The number of nitrogens with one attached hydrogen (secondary N) is 1. The van der Waals surface area contributed by atoms with Crippen molar-refractivity contribution in [3.8, 4) is 5.75 Å². The highest BCUT2D eigenvalue weighted by molar-refractivity contribution is 7.15. The number of halogens is 5. The van der Waals surface area contributed by atoms with Crippen LogP contribution >= 0.6 is 11.3 Å². The molecule has 0 aliphatic rings. The first kappa shape index (κ1) is 16.5. The molecule has 1 atom stereocenters. The summed E-state index contributed by atoms with van der Waals surface area (Å²) in [7, 11) is 0. The summed E-state index contributed by atoms with van der Waals surface area (Å²) in [6.45, 7) is -1.19. The minimum absolute atomic E-state index is 0.0135. The van der Waals surface area contributed by atoms with Crippen molar-refractivity contribution in [1.29, 1.82) is 0 Å². The lowest BCUT2D eigenvalue weighted by Crippen LogP contribution is -2.07. The maximum Gasteiger partial charge on any atom is 0.427 e. The van der Waals surface area contributed by atoms with Gasteiger partial charge in [-0.3, -0.25) is 0 Å².